The highest BCUT2D eigenvalue weighted by molar-refractivity contribution is 6.04. The maximum Gasteiger partial charge on any atom is 0.258 e. The van der Waals surface area contributed by atoms with E-state index in [-0.39, 0.29) is 5.56 Å². The molecular weight excluding hydrogens is 255 g/mol. The fourth-order valence-electron chi connectivity index (χ4n) is 1.85. The average Bonchev–Trinajstić information content (AvgIpc) is 2.42. The van der Waals surface area contributed by atoms with E-state index in [1.54, 1.807) is 24.3 Å². The number of hydrogen-bond acceptors (Lipinski definition) is 2. The van der Waals surface area contributed by atoms with Gasteiger partial charge in [-0.3, -0.25) is 4.79 Å². The molecule has 0 spiro atoms. The summed E-state index contributed by atoms with van der Waals surface area (Å²) in [4.78, 5) is 14.0. The van der Waals surface area contributed by atoms with Crippen molar-refractivity contribution in [1.29, 1.82) is 0 Å². The van der Waals surface area contributed by atoms with Crippen LogP contribution in [-0.2, 0) is 0 Å². The number of anilines is 2. The molecule has 20 heavy (non-hydrogen) atoms. The number of rotatable bonds is 3. The highest BCUT2D eigenvalue weighted by atomic mass is 19.1. The number of hydrogen-bond donors (Lipinski definition) is 1. The lowest BCUT2D eigenvalue weighted by atomic mass is 10.1. The van der Waals surface area contributed by atoms with Gasteiger partial charge in [-0.15, -0.1) is 0 Å². The van der Waals surface area contributed by atoms with Gasteiger partial charge in [0.05, 0.1) is 5.56 Å². The molecule has 0 saturated heterocycles. The minimum Gasteiger partial charge on any atom is -0.378 e. The Morgan fingerprint density at radius 3 is 2.35 bits per heavy atom. The Hall–Kier alpha value is -2.36. The van der Waals surface area contributed by atoms with E-state index in [2.05, 4.69) is 5.32 Å². The topological polar surface area (TPSA) is 32.3 Å². The number of nitrogens with one attached hydrogen (secondary N) is 1. The summed E-state index contributed by atoms with van der Waals surface area (Å²) in [5, 5.41) is 2.69. The Labute approximate surface area is 118 Å². The Balaban J connectivity index is 2.17. The lowest BCUT2D eigenvalue weighted by Crippen LogP contribution is -2.14. The zero-order valence-electron chi connectivity index (χ0n) is 11.8. The summed E-state index contributed by atoms with van der Waals surface area (Å²) in [6.07, 6.45) is 0. The predicted molar refractivity (Wildman–Crippen MR) is 79.9 cm³/mol. The van der Waals surface area contributed by atoms with Crippen LogP contribution in [0.1, 0.15) is 15.9 Å². The first-order valence-corrected chi connectivity index (χ1v) is 6.32. The van der Waals surface area contributed by atoms with Crippen LogP contribution >= 0.6 is 0 Å². The van der Waals surface area contributed by atoms with Crippen LogP contribution in [0.3, 0.4) is 0 Å². The van der Waals surface area contributed by atoms with Crippen molar-refractivity contribution < 1.29 is 9.18 Å². The van der Waals surface area contributed by atoms with Gasteiger partial charge in [0.15, 0.2) is 0 Å². The lowest BCUT2D eigenvalue weighted by molar-refractivity contribution is 0.102. The van der Waals surface area contributed by atoms with Crippen molar-refractivity contribution in [2.75, 3.05) is 24.3 Å². The molecular formula is C16H17FN2O. The molecule has 0 bridgehead atoms. The van der Waals surface area contributed by atoms with Crippen LogP contribution in [0.2, 0.25) is 0 Å². The van der Waals surface area contributed by atoms with E-state index >= 15 is 0 Å². The number of carbonyl (C=O) groups excluding carboxylic acids is 1. The summed E-state index contributed by atoms with van der Waals surface area (Å²) in [5.74, 6) is -0.957. The molecule has 0 fully saturated rings. The molecule has 0 aliphatic heterocycles. The highest BCUT2D eigenvalue weighted by Crippen LogP contribution is 2.17. The smallest absolute Gasteiger partial charge is 0.258 e. The largest absolute Gasteiger partial charge is 0.378 e. The third-order valence-electron chi connectivity index (χ3n) is 3.01. The summed E-state index contributed by atoms with van der Waals surface area (Å²) in [5.41, 5.74) is 2.58. The Bertz CT molecular complexity index is 621. The molecule has 0 aliphatic carbocycles. The lowest BCUT2D eigenvalue weighted by Gasteiger charge is -2.13. The van der Waals surface area contributed by atoms with E-state index in [0.717, 1.165) is 11.3 Å². The number of carbonyl (C=O) groups is 1. The molecule has 0 unspecified atom stereocenters. The molecule has 4 heteroatoms. The van der Waals surface area contributed by atoms with E-state index in [4.69, 9.17) is 0 Å². The van der Waals surface area contributed by atoms with Gasteiger partial charge in [0.1, 0.15) is 5.82 Å². The first-order valence-electron chi connectivity index (χ1n) is 6.32. The summed E-state index contributed by atoms with van der Waals surface area (Å²) >= 11 is 0. The van der Waals surface area contributed by atoms with Crippen LogP contribution in [0.25, 0.3) is 0 Å². The van der Waals surface area contributed by atoms with Gasteiger partial charge in [-0.05, 0) is 43.3 Å². The van der Waals surface area contributed by atoms with Crippen LogP contribution in [-0.4, -0.2) is 20.0 Å². The summed E-state index contributed by atoms with van der Waals surface area (Å²) < 4.78 is 13.6. The van der Waals surface area contributed by atoms with Gasteiger partial charge in [-0.2, -0.15) is 0 Å². The van der Waals surface area contributed by atoms with Crippen LogP contribution in [0.5, 0.6) is 0 Å². The minimum atomic E-state index is -0.516. The van der Waals surface area contributed by atoms with Crippen LogP contribution in [0, 0.1) is 12.7 Å². The van der Waals surface area contributed by atoms with Crippen molar-refractivity contribution in [2.45, 2.75) is 6.92 Å². The zero-order valence-corrected chi connectivity index (χ0v) is 11.8. The van der Waals surface area contributed by atoms with Crippen LogP contribution in [0.15, 0.2) is 42.5 Å². The summed E-state index contributed by atoms with van der Waals surface area (Å²) in [7, 11) is 3.88. The second kappa shape index (κ2) is 5.74. The third-order valence-corrected chi connectivity index (χ3v) is 3.01. The van der Waals surface area contributed by atoms with Gasteiger partial charge in [-0.1, -0.05) is 11.6 Å². The molecule has 2 aromatic rings. The van der Waals surface area contributed by atoms with Gasteiger partial charge in [0.25, 0.3) is 5.91 Å². The van der Waals surface area contributed by atoms with Crippen molar-refractivity contribution in [3.05, 3.63) is 59.4 Å². The predicted octanol–water partition coefficient (Wildman–Crippen LogP) is 3.45. The monoisotopic (exact) mass is 272 g/mol. The van der Waals surface area contributed by atoms with Gasteiger partial charge in [-0.25, -0.2) is 4.39 Å². The molecule has 0 heterocycles. The number of benzene rings is 2. The maximum atomic E-state index is 13.6. The molecule has 0 aromatic heterocycles. The average molecular weight is 272 g/mol. The number of aryl methyl sites for hydroxylation is 1. The first kappa shape index (κ1) is 14.1. The van der Waals surface area contributed by atoms with Crippen molar-refractivity contribution in [3.63, 3.8) is 0 Å². The zero-order chi connectivity index (χ0) is 14.7. The fraction of sp³-hybridized carbons (Fsp3) is 0.188. The molecule has 2 aromatic carbocycles. The standard InChI is InChI=1S/C16H17FN2O/c1-11-4-9-15(17)14(10-11)16(20)18-12-5-7-13(8-6-12)19(2)3/h4-10H,1-3H3,(H,18,20). The second-order valence-corrected chi connectivity index (χ2v) is 4.88. The quantitative estimate of drug-likeness (QED) is 0.928. The fourth-order valence-corrected chi connectivity index (χ4v) is 1.85. The van der Waals surface area contributed by atoms with E-state index in [1.807, 2.05) is 38.1 Å². The van der Waals surface area contributed by atoms with Gasteiger partial charge in [0.2, 0.25) is 0 Å². The second-order valence-electron chi connectivity index (χ2n) is 4.88. The van der Waals surface area contributed by atoms with E-state index < -0.39 is 11.7 Å². The van der Waals surface area contributed by atoms with Crippen LogP contribution < -0.4 is 10.2 Å². The Kier molecular flexibility index (Phi) is 4.03. The maximum absolute atomic E-state index is 13.6. The summed E-state index contributed by atoms with van der Waals surface area (Å²) in [6.45, 7) is 1.82. The molecule has 3 nitrogen and oxygen atoms in total. The van der Waals surface area contributed by atoms with Crippen molar-refractivity contribution in [3.8, 4) is 0 Å². The first-order chi connectivity index (χ1) is 9.47. The van der Waals surface area contributed by atoms with E-state index in [9.17, 15) is 9.18 Å². The molecule has 0 aliphatic rings. The van der Waals surface area contributed by atoms with Crippen molar-refractivity contribution in [2.24, 2.45) is 0 Å². The van der Waals surface area contributed by atoms with Gasteiger partial charge in [0, 0.05) is 25.5 Å². The number of halogens is 1. The van der Waals surface area contributed by atoms with Crippen molar-refractivity contribution in [1.82, 2.24) is 0 Å². The molecule has 1 amide bonds. The normalized spacial score (nSPS) is 10.2. The number of amides is 1. The molecule has 0 radical (unpaired) electrons. The molecule has 2 rings (SSSR count). The third kappa shape index (κ3) is 3.15. The highest BCUT2D eigenvalue weighted by Gasteiger charge is 2.12. The Morgan fingerprint density at radius 2 is 1.75 bits per heavy atom. The molecule has 104 valence electrons. The minimum absolute atomic E-state index is 0.0571. The Morgan fingerprint density at radius 1 is 1.10 bits per heavy atom. The van der Waals surface area contributed by atoms with Gasteiger partial charge < -0.3 is 10.2 Å². The van der Waals surface area contributed by atoms with Crippen molar-refractivity contribution >= 4 is 17.3 Å². The number of nitrogens with zero attached hydrogens (tertiary/aromatic N) is 1. The van der Waals surface area contributed by atoms with E-state index in [0.29, 0.717) is 5.69 Å². The summed E-state index contributed by atoms with van der Waals surface area (Å²) in [6, 6.07) is 11.8. The molecule has 1 N–H and O–H groups in total. The van der Waals surface area contributed by atoms with Crippen LogP contribution in [0.4, 0.5) is 15.8 Å². The van der Waals surface area contributed by atoms with Gasteiger partial charge >= 0.3 is 0 Å². The van der Waals surface area contributed by atoms with E-state index in [1.165, 1.54) is 6.07 Å². The SMILES string of the molecule is Cc1ccc(F)c(C(=O)Nc2ccc(N(C)C)cc2)c1. The molecule has 0 atom stereocenters. The molecule has 0 saturated carbocycles.